The van der Waals surface area contributed by atoms with Gasteiger partial charge in [0.1, 0.15) is 5.65 Å². The number of hydrogen-bond acceptors (Lipinski definition) is 3. The largest absolute Gasteiger partial charge is 0.346 e. The highest BCUT2D eigenvalue weighted by molar-refractivity contribution is 6.04. The number of aryl methyl sites for hydroxylation is 3. The summed E-state index contributed by atoms with van der Waals surface area (Å²) in [5.74, 6) is -0.130. The molecule has 0 atom stereocenters. The Morgan fingerprint density at radius 3 is 2.59 bits per heavy atom. The molecular formula is C26H23N5O. The van der Waals surface area contributed by atoms with E-state index in [1.165, 1.54) is 5.56 Å². The number of carbonyl (C=O) groups is 1. The third kappa shape index (κ3) is 3.67. The van der Waals surface area contributed by atoms with Crippen LogP contribution in [0.2, 0.25) is 0 Å². The summed E-state index contributed by atoms with van der Waals surface area (Å²) in [6.45, 7) is 6.07. The maximum atomic E-state index is 12.7. The summed E-state index contributed by atoms with van der Waals surface area (Å²) in [6, 6.07) is 15.7. The van der Waals surface area contributed by atoms with E-state index < -0.39 is 0 Å². The van der Waals surface area contributed by atoms with Gasteiger partial charge in [-0.25, -0.2) is 9.67 Å². The van der Waals surface area contributed by atoms with Crippen molar-refractivity contribution in [2.45, 2.75) is 20.8 Å². The van der Waals surface area contributed by atoms with Crippen LogP contribution in [0.5, 0.6) is 0 Å². The lowest BCUT2D eigenvalue weighted by Gasteiger charge is -2.11. The van der Waals surface area contributed by atoms with Crippen LogP contribution < -0.4 is 5.32 Å². The van der Waals surface area contributed by atoms with Crippen molar-refractivity contribution in [1.82, 2.24) is 19.7 Å². The Kier molecular flexibility index (Phi) is 4.82. The van der Waals surface area contributed by atoms with Crippen molar-refractivity contribution in [3.63, 3.8) is 0 Å². The summed E-state index contributed by atoms with van der Waals surface area (Å²) in [5, 5.41) is 8.62. The number of fused-ring (bicyclic) bond motifs is 1. The third-order valence-electron chi connectivity index (χ3n) is 5.80. The minimum absolute atomic E-state index is 0.130. The number of amides is 1. The first-order chi connectivity index (χ1) is 15.5. The van der Waals surface area contributed by atoms with Gasteiger partial charge in [-0.1, -0.05) is 12.1 Å². The zero-order chi connectivity index (χ0) is 22.2. The number of hydrogen-bond donors (Lipinski definition) is 2. The van der Waals surface area contributed by atoms with E-state index in [9.17, 15) is 4.79 Å². The second kappa shape index (κ2) is 7.81. The number of aromatic nitrogens is 4. The molecule has 5 aromatic rings. The lowest BCUT2D eigenvalue weighted by molar-refractivity contribution is 0.102. The molecule has 5 rings (SSSR count). The average molecular weight is 422 g/mol. The number of rotatable bonds is 4. The van der Waals surface area contributed by atoms with E-state index in [4.69, 9.17) is 0 Å². The Morgan fingerprint density at radius 1 is 0.906 bits per heavy atom. The van der Waals surface area contributed by atoms with E-state index in [0.29, 0.717) is 5.56 Å². The second-order valence-electron chi connectivity index (χ2n) is 8.07. The highest BCUT2D eigenvalue weighted by atomic mass is 16.1. The summed E-state index contributed by atoms with van der Waals surface area (Å²) >= 11 is 0. The van der Waals surface area contributed by atoms with Crippen LogP contribution >= 0.6 is 0 Å². The van der Waals surface area contributed by atoms with Crippen molar-refractivity contribution in [1.29, 1.82) is 0 Å². The fourth-order valence-corrected chi connectivity index (χ4v) is 3.72. The molecule has 0 spiro atoms. The molecule has 32 heavy (non-hydrogen) atoms. The molecule has 158 valence electrons. The molecule has 1 amide bonds. The van der Waals surface area contributed by atoms with Crippen molar-refractivity contribution in [3.8, 4) is 16.8 Å². The van der Waals surface area contributed by atoms with Gasteiger partial charge in [0.2, 0.25) is 0 Å². The summed E-state index contributed by atoms with van der Waals surface area (Å²) in [4.78, 5) is 20.3. The minimum atomic E-state index is -0.130. The predicted octanol–water partition coefficient (Wildman–Crippen LogP) is 5.59. The molecule has 6 nitrogen and oxygen atoms in total. The number of H-pyrrole nitrogens is 1. The van der Waals surface area contributed by atoms with Gasteiger partial charge in [0.15, 0.2) is 0 Å². The van der Waals surface area contributed by atoms with Gasteiger partial charge in [-0.15, -0.1) is 0 Å². The lowest BCUT2D eigenvalue weighted by Crippen LogP contribution is -2.12. The van der Waals surface area contributed by atoms with E-state index in [1.54, 1.807) is 0 Å². The van der Waals surface area contributed by atoms with Crippen LogP contribution in [0.3, 0.4) is 0 Å². The smallest absolute Gasteiger partial charge is 0.255 e. The predicted molar refractivity (Wildman–Crippen MR) is 127 cm³/mol. The minimum Gasteiger partial charge on any atom is -0.346 e. The zero-order valence-electron chi connectivity index (χ0n) is 18.2. The van der Waals surface area contributed by atoms with E-state index >= 15 is 0 Å². The van der Waals surface area contributed by atoms with Crippen LogP contribution in [-0.2, 0) is 0 Å². The highest BCUT2D eigenvalue weighted by Crippen LogP contribution is 2.25. The van der Waals surface area contributed by atoms with E-state index in [2.05, 4.69) is 26.4 Å². The first kappa shape index (κ1) is 19.8. The first-order valence-electron chi connectivity index (χ1n) is 10.5. The maximum Gasteiger partial charge on any atom is 0.255 e. The van der Waals surface area contributed by atoms with E-state index in [-0.39, 0.29) is 5.91 Å². The summed E-state index contributed by atoms with van der Waals surface area (Å²) in [6.07, 6.45) is 7.53. The third-order valence-corrected chi connectivity index (χ3v) is 5.80. The zero-order valence-corrected chi connectivity index (χ0v) is 18.2. The lowest BCUT2D eigenvalue weighted by atomic mass is 10.1. The molecule has 0 unspecified atom stereocenters. The summed E-state index contributed by atoms with van der Waals surface area (Å²) in [5.41, 5.74) is 8.44. The maximum absolute atomic E-state index is 12.7. The van der Waals surface area contributed by atoms with Gasteiger partial charge >= 0.3 is 0 Å². The molecule has 3 heterocycles. The topological polar surface area (TPSA) is 75.6 Å². The molecule has 0 bridgehead atoms. The van der Waals surface area contributed by atoms with E-state index in [0.717, 1.165) is 44.7 Å². The van der Waals surface area contributed by atoms with Crippen molar-refractivity contribution in [2.24, 2.45) is 0 Å². The number of nitrogens with one attached hydrogen (secondary N) is 2. The fourth-order valence-electron chi connectivity index (χ4n) is 3.72. The van der Waals surface area contributed by atoms with Gasteiger partial charge in [-0.3, -0.25) is 4.79 Å². The number of aromatic amines is 1. The van der Waals surface area contributed by atoms with Crippen LogP contribution in [0.4, 0.5) is 5.69 Å². The van der Waals surface area contributed by atoms with Crippen molar-refractivity contribution >= 4 is 22.6 Å². The molecule has 0 aliphatic carbocycles. The average Bonchev–Trinajstić information content (AvgIpc) is 3.46. The van der Waals surface area contributed by atoms with Gasteiger partial charge in [-0.05, 0) is 73.9 Å². The molecule has 0 saturated carbocycles. The fraction of sp³-hybridized carbons (Fsp3) is 0.115. The Hall–Kier alpha value is -4.19. The Balaban J connectivity index is 1.42. The quantitative estimate of drug-likeness (QED) is 0.397. The number of benzene rings is 2. The number of carbonyl (C=O) groups excluding carboxylic acids is 1. The number of pyridine rings is 1. The molecule has 6 heteroatoms. The molecule has 0 aliphatic rings. The van der Waals surface area contributed by atoms with Crippen LogP contribution in [-0.4, -0.2) is 25.7 Å². The van der Waals surface area contributed by atoms with Gasteiger partial charge in [0, 0.05) is 46.4 Å². The van der Waals surface area contributed by atoms with Gasteiger partial charge in [0.25, 0.3) is 5.91 Å². The normalized spacial score (nSPS) is 11.1. The van der Waals surface area contributed by atoms with Crippen molar-refractivity contribution in [3.05, 3.63) is 95.6 Å². The number of nitrogens with zero attached hydrogens (tertiary/aromatic N) is 3. The molecule has 2 aromatic carbocycles. The van der Waals surface area contributed by atoms with Crippen LogP contribution in [0.15, 0.2) is 73.3 Å². The monoisotopic (exact) mass is 421 g/mol. The first-order valence-corrected chi connectivity index (χ1v) is 10.5. The van der Waals surface area contributed by atoms with Crippen LogP contribution in [0, 0.1) is 20.8 Å². The van der Waals surface area contributed by atoms with Crippen LogP contribution in [0.25, 0.3) is 27.8 Å². The Morgan fingerprint density at radius 2 is 1.75 bits per heavy atom. The van der Waals surface area contributed by atoms with Gasteiger partial charge in [0.05, 0.1) is 11.9 Å². The molecule has 0 radical (unpaired) electrons. The molecule has 0 aliphatic heterocycles. The summed E-state index contributed by atoms with van der Waals surface area (Å²) in [7, 11) is 0. The SMILES string of the molecule is Cc1ccc(C(=O)Nc2ccc(C)c(-n3cc(-c4cnc5[nH]ccc5c4)cn3)c2)cc1C. The van der Waals surface area contributed by atoms with Gasteiger partial charge in [-0.2, -0.15) is 5.10 Å². The second-order valence-corrected chi connectivity index (χ2v) is 8.07. The summed E-state index contributed by atoms with van der Waals surface area (Å²) < 4.78 is 1.83. The van der Waals surface area contributed by atoms with Crippen molar-refractivity contribution in [2.75, 3.05) is 5.32 Å². The van der Waals surface area contributed by atoms with Crippen molar-refractivity contribution < 1.29 is 4.79 Å². The van der Waals surface area contributed by atoms with E-state index in [1.807, 2.05) is 92.7 Å². The molecular weight excluding hydrogens is 398 g/mol. The Labute approximate surface area is 185 Å². The Bertz CT molecular complexity index is 1460. The number of anilines is 1. The standard InChI is InChI=1S/C26H23N5O/c1-16-4-6-20(10-18(16)3)26(32)30-23-7-5-17(2)24(12-23)31-15-22(14-29-31)21-11-19-8-9-27-25(19)28-13-21/h4-15H,1-3H3,(H,27,28)(H,30,32). The highest BCUT2D eigenvalue weighted by Gasteiger charge is 2.11. The molecule has 3 aromatic heterocycles. The molecule has 2 N–H and O–H groups in total. The molecule has 0 fully saturated rings. The van der Waals surface area contributed by atoms with Crippen LogP contribution in [0.1, 0.15) is 27.0 Å². The van der Waals surface area contributed by atoms with Gasteiger partial charge < -0.3 is 10.3 Å². The molecule has 0 saturated heterocycles.